The third-order valence-corrected chi connectivity index (χ3v) is 12.7. The SMILES string of the molecule is O=C(c1ccccc1)c1ccc(N2C(=O)[C@H]3[C@H](CC=C4[C@H]3C[C@H]3C(=O)N(Nc5ccc(F)cc5)C(=O)[C@@]3(c3ccc(Cl)cc3)[C@H]4c3cc(Br)ccc3O)C2=O)cc1. The fourth-order valence-corrected chi connectivity index (χ4v) is 10.0. The van der Waals surface area contributed by atoms with Crippen LogP contribution in [-0.2, 0) is 24.6 Å². The number of hydrazine groups is 1. The standard InChI is InChI=1S/C45H32BrClFN3O6/c46-27-10-21-37(52)35(22-27)39-32-19-20-33-38(43(56)50(41(33)54)31-17-6-25(7-18-31)40(53)24-4-2-1-3-5-24)34(32)23-36-42(55)51(49-30-15-13-29(48)14-16-30)44(57)45(36,39)26-8-11-28(47)12-9-26/h1-19,21-22,33-34,36,38-39,49,52H,20,23H2/t33-,34+,36-,38-,39+,45+/m0/s1. The average Bonchev–Trinajstić information content (AvgIpc) is 3.60. The Morgan fingerprint density at radius 3 is 2.19 bits per heavy atom. The molecule has 4 amide bonds. The maximum atomic E-state index is 15.3. The number of nitrogens with zero attached hydrogens (tertiary/aromatic N) is 2. The first-order valence-electron chi connectivity index (χ1n) is 18.4. The van der Waals surface area contributed by atoms with Gasteiger partial charge in [0.2, 0.25) is 11.8 Å². The topological polar surface area (TPSA) is 124 Å². The third kappa shape index (κ3) is 5.74. The highest BCUT2D eigenvalue weighted by Gasteiger charge is 2.70. The monoisotopic (exact) mass is 843 g/mol. The fourth-order valence-electron chi connectivity index (χ4n) is 9.53. The number of carbonyl (C=O) groups is 5. The minimum atomic E-state index is -1.64. The van der Waals surface area contributed by atoms with E-state index < -0.39 is 64.5 Å². The van der Waals surface area contributed by atoms with Gasteiger partial charge < -0.3 is 5.11 Å². The molecule has 2 N–H and O–H groups in total. The van der Waals surface area contributed by atoms with Crippen molar-refractivity contribution in [3.8, 4) is 5.75 Å². The van der Waals surface area contributed by atoms with Crippen LogP contribution in [0.25, 0.3) is 0 Å². The van der Waals surface area contributed by atoms with Gasteiger partial charge in [0.1, 0.15) is 11.6 Å². The van der Waals surface area contributed by atoms with E-state index >= 15 is 4.79 Å². The lowest BCUT2D eigenvalue weighted by Gasteiger charge is -2.50. The van der Waals surface area contributed by atoms with Gasteiger partial charge in [0, 0.05) is 32.1 Å². The molecular formula is C45H32BrClFN3O6. The van der Waals surface area contributed by atoms with E-state index in [1.807, 2.05) is 12.1 Å². The highest BCUT2D eigenvalue weighted by molar-refractivity contribution is 9.10. The smallest absolute Gasteiger partial charge is 0.260 e. The number of aromatic hydroxyl groups is 1. The number of amides is 4. The first-order valence-corrected chi connectivity index (χ1v) is 19.6. The van der Waals surface area contributed by atoms with E-state index in [9.17, 15) is 28.7 Å². The van der Waals surface area contributed by atoms with Crippen molar-refractivity contribution in [3.05, 3.63) is 171 Å². The van der Waals surface area contributed by atoms with Gasteiger partial charge in [-0.3, -0.25) is 34.3 Å². The highest BCUT2D eigenvalue weighted by atomic mass is 79.9. The van der Waals surface area contributed by atoms with Crippen LogP contribution in [0.4, 0.5) is 15.8 Å². The molecule has 2 aliphatic carbocycles. The number of benzene rings is 5. The molecule has 0 aromatic heterocycles. The van der Waals surface area contributed by atoms with E-state index in [0.717, 1.165) is 5.01 Å². The van der Waals surface area contributed by atoms with Crippen molar-refractivity contribution in [2.45, 2.75) is 24.2 Å². The molecule has 0 spiro atoms. The Balaban J connectivity index is 1.16. The van der Waals surface area contributed by atoms with Crippen LogP contribution in [0.1, 0.15) is 45.8 Å². The highest BCUT2D eigenvalue weighted by Crippen LogP contribution is 2.65. The van der Waals surface area contributed by atoms with Gasteiger partial charge in [-0.2, -0.15) is 5.01 Å². The molecule has 1 saturated carbocycles. The molecule has 57 heavy (non-hydrogen) atoms. The summed E-state index contributed by atoms with van der Waals surface area (Å²) in [6.07, 6.45) is 2.10. The minimum Gasteiger partial charge on any atom is -0.508 e. The van der Waals surface area contributed by atoms with Crippen molar-refractivity contribution < 1.29 is 33.5 Å². The van der Waals surface area contributed by atoms with E-state index in [-0.39, 0.29) is 24.4 Å². The van der Waals surface area contributed by atoms with Crippen molar-refractivity contribution in [2.24, 2.45) is 23.7 Å². The molecule has 6 atom stereocenters. The fraction of sp³-hybridized carbons (Fsp3) is 0.178. The zero-order chi connectivity index (χ0) is 39.7. The Labute approximate surface area is 339 Å². The number of ketones is 1. The van der Waals surface area contributed by atoms with Crippen molar-refractivity contribution >= 4 is 68.3 Å². The molecule has 2 saturated heterocycles. The van der Waals surface area contributed by atoms with Gasteiger partial charge in [0.05, 0.1) is 34.5 Å². The summed E-state index contributed by atoms with van der Waals surface area (Å²) in [4.78, 5) is 73.4. The normalized spacial score (nSPS) is 25.2. The number of hydrogen-bond acceptors (Lipinski definition) is 7. The predicted octanol–water partition coefficient (Wildman–Crippen LogP) is 8.37. The summed E-state index contributed by atoms with van der Waals surface area (Å²) in [7, 11) is 0. The average molecular weight is 845 g/mol. The summed E-state index contributed by atoms with van der Waals surface area (Å²) in [6.45, 7) is 0. The number of nitrogens with one attached hydrogen (secondary N) is 1. The van der Waals surface area contributed by atoms with Gasteiger partial charge in [0.15, 0.2) is 5.78 Å². The van der Waals surface area contributed by atoms with Gasteiger partial charge >= 0.3 is 0 Å². The van der Waals surface area contributed by atoms with E-state index in [2.05, 4.69) is 21.4 Å². The van der Waals surface area contributed by atoms with Crippen LogP contribution in [0.3, 0.4) is 0 Å². The van der Waals surface area contributed by atoms with Gasteiger partial charge in [-0.05, 0) is 103 Å². The molecule has 5 aromatic rings. The molecular weight excluding hydrogens is 813 g/mol. The number of carbonyl (C=O) groups excluding carboxylic acids is 5. The number of allylic oxidation sites excluding steroid dienone is 2. The zero-order valence-corrected chi connectivity index (χ0v) is 32.3. The summed E-state index contributed by atoms with van der Waals surface area (Å²) in [5.74, 6) is -7.21. The van der Waals surface area contributed by atoms with Gasteiger partial charge in [-0.1, -0.05) is 81.6 Å². The van der Waals surface area contributed by atoms with Crippen molar-refractivity contribution in [1.82, 2.24) is 5.01 Å². The van der Waals surface area contributed by atoms with Crippen LogP contribution in [0.5, 0.6) is 5.75 Å². The maximum absolute atomic E-state index is 15.3. The molecule has 9 rings (SSSR count). The Morgan fingerprint density at radius 1 is 0.807 bits per heavy atom. The number of phenolic OH excluding ortho intramolecular Hbond substituents is 1. The predicted molar refractivity (Wildman–Crippen MR) is 214 cm³/mol. The minimum absolute atomic E-state index is 0.0322. The molecule has 4 aliphatic rings. The Bertz CT molecular complexity index is 2530. The van der Waals surface area contributed by atoms with Crippen LogP contribution in [-0.4, -0.2) is 39.5 Å². The molecule has 9 nitrogen and oxygen atoms in total. The van der Waals surface area contributed by atoms with Crippen LogP contribution >= 0.6 is 27.5 Å². The number of hydrogen-bond donors (Lipinski definition) is 2. The van der Waals surface area contributed by atoms with Crippen molar-refractivity contribution in [3.63, 3.8) is 0 Å². The van der Waals surface area contributed by atoms with Gasteiger partial charge in [-0.15, -0.1) is 0 Å². The molecule has 3 fully saturated rings. The number of rotatable bonds is 7. The second kappa shape index (κ2) is 13.9. The molecule has 0 radical (unpaired) electrons. The molecule has 2 heterocycles. The lowest BCUT2D eigenvalue weighted by Crippen LogP contribution is -2.53. The van der Waals surface area contributed by atoms with E-state index in [4.69, 9.17) is 11.6 Å². The van der Waals surface area contributed by atoms with Crippen LogP contribution in [0.2, 0.25) is 5.02 Å². The van der Waals surface area contributed by atoms with Gasteiger partial charge in [0.25, 0.3) is 11.8 Å². The zero-order valence-electron chi connectivity index (χ0n) is 29.9. The summed E-state index contributed by atoms with van der Waals surface area (Å²) in [5, 5.41) is 13.0. The van der Waals surface area contributed by atoms with Crippen LogP contribution in [0, 0.1) is 29.5 Å². The quantitative estimate of drug-likeness (QED) is 0.0959. The van der Waals surface area contributed by atoms with E-state index in [1.165, 1.54) is 35.2 Å². The van der Waals surface area contributed by atoms with Crippen LogP contribution in [0.15, 0.2) is 137 Å². The Kier molecular flexibility index (Phi) is 8.97. The second-order valence-electron chi connectivity index (χ2n) is 14.8. The number of phenols is 1. The first kappa shape index (κ1) is 36.7. The summed E-state index contributed by atoms with van der Waals surface area (Å²) in [6, 6.07) is 32.0. The maximum Gasteiger partial charge on any atom is 0.260 e. The lowest BCUT2D eigenvalue weighted by molar-refractivity contribution is -0.138. The van der Waals surface area contributed by atoms with Crippen LogP contribution < -0.4 is 10.3 Å². The van der Waals surface area contributed by atoms with Crippen molar-refractivity contribution in [1.29, 1.82) is 0 Å². The lowest BCUT2D eigenvalue weighted by atomic mass is 9.49. The molecule has 0 bridgehead atoms. The number of imide groups is 2. The van der Waals surface area contributed by atoms with Crippen molar-refractivity contribution in [2.75, 3.05) is 10.3 Å². The molecule has 284 valence electrons. The summed E-state index contributed by atoms with van der Waals surface area (Å²) >= 11 is 9.91. The third-order valence-electron chi connectivity index (χ3n) is 12.0. The first-order chi connectivity index (χ1) is 27.5. The molecule has 2 aliphatic heterocycles. The summed E-state index contributed by atoms with van der Waals surface area (Å²) < 4.78 is 14.5. The Morgan fingerprint density at radius 2 is 1.49 bits per heavy atom. The van der Waals surface area contributed by atoms with E-state index in [1.54, 1.807) is 84.9 Å². The molecule has 0 unspecified atom stereocenters. The number of halogens is 3. The largest absolute Gasteiger partial charge is 0.508 e. The Hall–Kier alpha value is -5.91. The molecule has 5 aromatic carbocycles. The second-order valence-corrected chi connectivity index (χ2v) is 16.2. The number of fused-ring (bicyclic) bond motifs is 4. The molecule has 12 heteroatoms. The summed E-state index contributed by atoms with van der Waals surface area (Å²) in [5.41, 5.74) is 4.29. The van der Waals surface area contributed by atoms with Gasteiger partial charge in [-0.25, -0.2) is 4.39 Å². The van der Waals surface area contributed by atoms with E-state index in [0.29, 0.717) is 48.7 Å². The number of anilines is 2.